The summed E-state index contributed by atoms with van der Waals surface area (Å²) in [6, 6.07) is 22.0. The summed E-state index contributed by atoms with van der Waals surface area (Å²) in [5.41, 5.74) is 3.56. The van der Waals surface area contributed by atoms with Gasteiger partial charge in [0.25, 0.3) is 0 Å². The van der Waals surface area contributed by atoms with E-state index < -0.39 is 11.9 Å². The molecule has 0 radical (unpaired) electrons. The zero-order chi connectivity index (χ0) is 21.1. The Balaban J connectivity index is 1.70. The number of carbonyl (C=O) groups excluding carboxylic acids is 1. The molecule has 1 aliphatic rings. The van der Waals surface area contributed by atoms with Crippen molar-refractivity contribution < 1.29 is 24.5 Å². The van der Waals surface area contributed by atoms with Gasteiger partial charge in [-0.25, -0.2) is 4.79 Å². The number of benzene rings is 3. The normalized spacial score (nSPS) is 18.1. The zero-order valence-corrected chi connectivity index (χ0v) is 16.1. The molecule has 1 heterocycles. The molecule has 0 amide bonds. The molecule has 0 aliphatic carbocycles. The predicted molar refractivity (Wildman–Crippen MR) is 112 cm³/mol. The minimum absolute atomic E-state index is 0.0491. The van der Waals surface area contributed by atoms with Crippen LogP contribution in [-0.4, -0.2) is 22.2 Å². The van der Waals surface area contributed by atoms with Gasteiger partial charge in [-0.1, -0.05) is 60.7 Å². The SMILES string of the molecule is O=C(O)/C=C/c1ccc(CC2c3ccc(O)cc3OC(=O)C2c2ccccc2)cc1. The maximum absolute atomic E-state index is 12.9. The molecule has 0 spiro atoms. The van der Waals surface area contributed by atoms with Crippen LogP contribution in [-0.2, 0) is 16.0 Å². The number of rotatable bonds is 5. The van der Waals surface area contributed by atoms with Crippen molar-refractivity contribution in [3.8, 4) is 11.5 Å². The van der Waals surface area contributed by atoms with E-state index in [9.17, 15) is 14.7 Å². The predicted octanol–water partition coefficient (Wildman–Crippen LogP) is 4.52. The summed E-state index contributed by atoms with van der Waals surface area (Å²) in [6.07, 6.45) is 3.23. The molecule has 3 aromatic carbocycles. The molecule has 30 heavy (non-hydrogen) atoms. The van der Waals surface area contributed by atoms with Crippen molar-refractivity contribution in [3.63, 3.8) is 0 Å². The highest BCUT2D eigenvalue weighted by molar-refractivity contribution is 5.85. The molecule has 5 nitrogen and oxygen atoms in total. The van der Waals surface area contributed by atoms with E-state index in [0.29, 0.717) is 12.2 Å². The highest BCUT2D eigenvalue weighted by atomic mass is 16.5. The average molecular weight is 400 g/mol. The molecule has 0 saturated carbocycles. The minimum Gasteiger partial charge on any atom is -0.508 e. The molecule has 1 aliphatic heterocycles. The first-order valence-corrected chi connectivity index (χ1v) is 9.61. The number of hydrogen-bond acceptors (Lipinski definition) is 4. The van der Waals surface area contributed by atoms with Gasteiger partial charge < -0.3 is 14.9 Å². The van der Waals surface area contributed by atoms with Crippen molar-refractivity contribution in [1.29, 1.82) is 0 Å². The van der Waals surface area contributed by atoms with E-state index in [0.717, 1.165) is 28.3 Å². The lowest BCUT2D eigenvalue weighted by molar-refractivity contribution is -0.138. The van der Waals surface area contributed by atoms with E-state index in [1.165, 1.54) is 12.1 Å². The molecule has 0 fully saturated rings. The number of phenols is 1. The average Bonchev–Trinajstić information content (AvgIpc) is 2.73. The van der Waals surface area contributed by atoms with Crippen molar-refractivity contribution in [1.82, 2.24) is 0 Å². The first kappa shape index (κ1) is 19.5. The van der Waals surface area contributed by atoms with Crippen LogP contribution >= 0.6 is 0 Å². The van der Waals surface area contributed by atoms with Crippen LogP contribution in [0.5, 0.6) is 11.5 Å². The van der Waals surface area contributed by atoms with Gasteiger partial charge in [0.15, 0.2) is 0 Å². The van der Waals surface area contributed by atoms with Crippen molar-refractivity contribution in [2.24, 2.45) is 0 Å². The highest BCUT2D eigenvalue weighted by Crippen LogP contribution is 2.45. The number of aromatic hydroxyl groups is 1. The quantitative estimate of drug-likeness (QED) is 0.374. The number of fused-ring (bicyclic) bond motifs is 1. The van der Waals surface area contributed by atoms with E-state index in [4.69, 9.17) is 9.84 Å². The Kier molecular flexibility index (Phi) is 5.35. The van der Waals surface area contributed by atoms with E-state index in [1.807, 2.05) is 60.7 Å². The molecule has 150 valence electrons. The highest BCUT2D eigenvalue weighted by Gasteiger charge is 2.38. The number of hydrogen-bond donors (Lipinski definition) is 2. The zero-order valence-electron chi connectivity index (χ0n) is 16.1. The number of carboxylic acids is 1. The van der Waals surface area contributed by atoms with Crippen LogP contribution in [0.3, 0.4) is 0 Å². The van der Waals surface area contributed by atoms with Crippen molar-refractivity contribution in [3.05, 3.63) is 101 Å². The Hall–Kier alpha value is -3.86. The van der Waals surface area contributed by atoms with Crippen LogP contribution < -0.4 is 4.74 Å². The molecule has 4 rings (SSSR count). The Morgan fingerprint density at radius 3 is 2.43 bits per heavy atom. The third-order valence-corrected chi connectivity index (χ3v) is 5.28. The number of carboxylic acid groups (broad SMARTS) is 1. The Morgan fingerprint density at radius 1 is 1.00 bits per heavy atom. The number of esters is 1. The van der Waals surface area contributed by atoms with E-state index in [1.54, 1.807) is 6.07 Å². The Bertz CT molecular complexity index is 1100. The molecule has 0 aromatic heterocycles. The third kappa shape index (κ3) is 4.10. The summed E-state index contributed by atoms with van der Waals surface area (Å²) in [7, 11) is 0. The fourth-order valence-corrected chi connectivity index (χ4v) is 3.88. The van der Waals surface area contributed by atoms with Gasteiger partial charge in [0, 0.05) is 18.1 Å². The molecular formula is C25H20O5. The minimum atomic E-state index is -0.995. The molecule has 3 aromatic rings. The van der Waals surface area contributed by atoms with E-state index in [2.05, 4.69) is 0 Å². The summed E-state index contributed by atoms with van der Waals surface area (Å²) < 4.78 is 5.56. The van der Waals surface area contributed by atoms with Gasteiger partial charge in [0.1, 0.15) is 11.5 Å². The number of phenolic OH excluding ortho intramolecular Hbond substituents is 1. The van der Waals surface area contributed by atoms with Crippen LogP contribution in [0.25, 0.3) is 6.08 Å². The van der Waals surface area contributed by atoms with Gasteiger partial charge >= 0.3 is 11.9 Å². The van der Waals surface area contributed by atoms with E-state index >= 15 is 0 Å². The number of carbonyl (C=O) groups is 2. The molecule has 2 atom stereocenters. The topological polar surface area (TPSA) is 83.8 Å². The third-order valence-electron chi connectivity index (χ3n) is 5.28. The summed E-state index contributed by atoms with van der Waals surface area (Å²) in [6.45, 7) is 0. The van der Waals surface area contributed by atoms with Gasteiger partial charge in [-0.05, 0) is 40.8 Å². The molecule has 5 heteroatoms. The number of ether oxygens (including phenoxy) is 1. The van der Waals surface area contributed by atoms with E-state index in [-0.39, 0.29) is 17.6 Å². The van der Waals surface area contributed by atoms with Crippen molar-refractivity contribution in [2.75, 3.05) is 0 Å². The van der Waals surface area contributed by atoms with Gasteiger partial charge in [-0.3, -0.25) is 4.79 Å². The van der Waals surface area contributed by atoms with Crippen molar-refractivity contribution in [2.45, 2.75) is 18.3 Å². The maximum Gasteiger partial charge on any atom is 0.328 e. The second-order valence-electron chi connectivity index (χ2n) is 7.26. The summed E-state index contributed by atoms with van der Waals surface area (Å²) in [5, 5.41) is 18.6. The van der Waals surface area contributed by atoms with Gasteiger partial charge in [-0.2, -0.15) is 0 Å². The molecule has 0 saturated heterocycles. The van der Waals surface area contributed by atoms with Crippen LogP contribution in [0.2, 0.25) is 0 Å². The van der Waals surface area contributed by atoms with Crippen LogP contribution in [0.15, 0.2) is 78.9 Å². The number of aliphatic carboxylic acids is 1. The largest absolute Gasteiger partial charge is 0.508 e. The smallest absolute Gasteiger partial charge is 0.328 e. The van der Waals surface area contributed by atoms with Crippen LogP contribution in [0, 0.1) is 0 Å². The Morgan fingerprint density at radius 2 is 1.73 bits per heavy atom. The molecule has 2 N–H and O–H groups in total. The summed E-state index contributed by atoms with van der Waals surface area (Å²) in [5.74, 6) is -1.53. The van der Waals surface area contributed by atoms with Gasteiger partial charge in [0.2, 0.25) is 0 Å². The summed E-state index contributed by atoms with van der Waals surface area (Å²) >= 11 is 0. The molecular weight excluding hydrogens is 380 g/mol. The maximum atomic E-state index is 12.9. The monoisotopic (exact) mass is 400 g/mol. The van der Waals surface area contributed by atoms with Crippen LogP contribution in [0.4, 0.5) is 0 Å². The standard InChI is InChI=1S/C25H20O5/c26-19-11-12-20-21(14-17-8-6-16(7-9-17)10-13-23(27)28)24(18-4-2-1-3-5-18)25(29)30-22(20)15-19/h1-13,15,21,24,26H,14H2,(H,27,28)/b13-10+. The lowest BCUT2D eigenvalue weighted by atomic mass is 9.76. The second kappa shape index (κ2) is 8.25. The van der Waals surface area contributed by atoms with Crippen LogP contribution in [0.1, 0.15) is 34.1 Å². The Labute approximate surface area is 173 Å². The molecule has 2 unspecified atom stereocenters. The van der Waals surface area contributed by atoms with Gasteiger partial charge in [-0.15, -0.1) is 0 Å². The van der Waals surface area contributed by atoms with Crippen molar-refractivity contribution >= 4 is 18.0 Å². The molecule has 0 bridgehead atoms. The second-order valence-corrected chi connectivity index (χ2v) is 7.26. The lowest BCUT2D eigenvalue weighted by Gasteiger charge is -2.32. The first-order chi connectivity index (χ1) is 14.5. The van der Waals surface area contributed by atoms with Gasteiger partial charge in [0.05, 0.1) is 5.92 Å². The summed E-state index contributed by atoms with van der Waals surface area (Å²) in [4.78, 5) is 23.6. The fraction of sp³-hybridized carbons (Fsp3) is 0.120. The first-order valence-electron chi connectivity index (χ1n) is 9.61. The fourth-order valence-electron chi connectivity index (χ4n) is 3.88. The lowest BCUT2D eigenvalue weighted by Crippen LogP contribution is -2.31.